The number of aryl methyl sites for hydroxylation is 1. The summed E-state index contributed by atoms with van der Waals surface area (Å²) in [4.78, 5) is 39.2. The van der Waals surface area contributed by atoms with Gasteiger partial charge in [0, 0.05) is 18.7 Å². The van der Waals surface area contributed by atoms with Crippen LogP contribution in [0.4, 0.5) is 5.82 Å². The van der Waals surface area contributed by atoms with Crippen molar-refractivity contribution in [1.29, 1.82) is 0 Å². The number of hydrogen-bond donors (Lipinski definition) is 1. The fourth-order valence-corrected chi connectivity index (χ4v) is 3.84. The molecular weight excluding hydrogens is 384 g/mol. The number of piperidine rings is 1. The molecule has 0 atom stereocenters. The Hall–Kier alpha value is -3.49. The number of nitrogens with zero attached hydrogens (tertiary/aromatic N) is 5. The Kier molecular flexibility index (Phi) is 5.35. The summed E-state index contributed by atoms with van der Waals surface area (Å²) < 4.78 is 6.99. The van der Waals surface area contributed by atoms with Gasteiger partial charge in [0.25, 0.3) is 0 Å². The molecule has 30 heavy (non-hydrogen) atoms. The highest BCUT2D eigenvalue weighted by Crippen LogP contribution is 2.29. The Morgan fingerprint density at radius 3 is 2.67 bits per heavy atom. The van der Waals surface area contributed by atoms with E-state index < -0.39 is 5.91 Å². The highest BCUT2D eigenvalue weighted by molar-refractivity contribution is 5.94. The number of aromatic nitrogens is 4. The molecule has 0 radical (unpaired) electrons. The van der Waals surface area contributed by atoms with Crippen LogP contribution in [0.15, 0.2) is 30.9 Å². The van der Waals surface area contributed by atoms with Crippen molar-refractivity contribution in [2.24, 2.45) is 11.7 Å². The van der Waals surface area contributed by atoms with Crippen LogP contribution < -0.4 is 10.6 Å². The zero-order chi connectivity index (χ0) is 21.3. The summed E-state index contributed by atoms with van der Waals surface area (Å²) in [6.45, 7) is 5.56. The van der Waals surface area contributed by atoms with Gasteiger partial charge in [-0.05, 0) is 44.4 Å². The van der Waals surface area contributed by atoms with Crippen LogP contribution in [0.25, 0.3) is 16.9 Å². The van der Waals surface area contributed by atoms with Crippen LogP contribution >= 0.6 is 0 Å². The zero-order valence-electron chi connectivity index (χ0n) is 17.0. The molecule has 1 aliphatic rings. The van der Waals surface area contributed by atoms with E-state index >= 15 is 0 Å². The number of benzene rings is 1. The molecule has 1 aliphatic heterocycles. The van der Waals surface area contributed by atoms with Crippen molar-refractivity contribution in [3.63, 3.8) is 0 Å². The van der Waals surface area contributed by atoms with E-state index in [1.54, 1.807) is 18.5 Å². The van der Waals surface area contributed by atoms with Crippen molar-refractivity contribution < 1.29 is 14.3 Å². The molecule has 3 aromatic rings. The minimum atomic E-state index is -0.486. The van der Waals surface area contributed by atoms with Gasteiger partial charge in [0.15, 0.2) is 17.0 Å². The molecule has 9 heteroatoms. The Balaban J connectivity index is 1.65. The topological polar surface area (TPSA) is 116 Å². The zero-order valence-corrected chi connectivity index (χ0v) is 17.0. The number of rotatable bonds is 5. The second-order valence-electron chi connectivity index (χ2n) is 7.36. The second-order valence-corrected chi connectivity index (χ2v) is 7.36. The molecule has 0 spiro atoms. The van der Waals surface area contributed by atoms with E-state index in [4.69, 9.17) is 10.5 Å². The molecular formula is C21H24N6O3. The van der Waals surface area contributed by atoms with Gasteiger partial charge in [-0.3, -0.25) is 14.2 Å². The Morgan fingerprint density at radius 1 is 1.20 bits per heavy atom. The van der Waals surface area contributed by atoms with E-state index in [9.17, 15) is 9.59 Å². The van der Waals surface area contributed by atoms with Crippen LogP contribution in [0.3, 0.4) is 0 Å². The number of esters is 1. The molecule has 3 heterocycles. The number of ether oxygens (including phenoxy) is 1. The first kappa shape index (κ1) is 19.8. The highest BCUT2D eigenvalue weighted by atomic mass is 16.5. The summed E-state index contributed by atoms with van der Waals surface area (Å²) in [7, 11) is 0. The van der Waals surface area contributed by atoms with Gasteiger partial charge in [0.05, 0.1) is 18.2 Å². The Bertz CT molecular complexity index is 1100. The van der Waals surface area contributed by atoms with E-state index in [0.29, 0.717) is 49.3 Å². The lowest BCUT2D eigenvalue weighted by Crippen LogP contribution is -2.37. The van der Waals surface area contributed by atoms with Crippen molar-refractivity contribution in [3.05, 3.63) is 42.0 Å². The summed E-state index contributed by atoms with van der Waals surface area (Å²) in [5.74, 6) is 0.0552. The summed E-state index contributed by atoms with van der Waals surface area (Å²) >= 11 is 0. The summed E-state index contributed by atoms with van der Waals surface area (Å²) in [6, 6.07) is 5.29. The second kappa shape index (κ2) is 8.10. The smallest absolute Gasteiger partial charge is 0.309 e. The predicted molar refractivity (Wildman–Crippen MR) is 111 cm³/mol. The maximum Gasteiger partial charge on any atom is 0.309 e. The van der Waals surface area contributed by atoms with Crippen molar-refractivity contribution in [2.75, 3.05) is 24.6 Å². The normalized spacial score (nSPS) is 14.8. The van der Waals surface area contributed by atoms with Crippen LogP contribution in [-0.4, -0.2) is 51.1 Å². The average molecular weight is 408 g/mol. The van der Waals surface area contributed by atoms with Crippen LogP contribution in [-0.2, 0) is 9.53 Å². The van der Waals surface area contributed by atoms with Gasteiger partial charge in [-0.15, -0.1) is 0 Å². The van der Waals surface area contributed by atoms with E-state index in [-0.39, 0.29) is 11.9 Å². The largest absolute Gasteiger partial charge is 0.466 e. The summed E-state index contributed by atoms with van der Waals surface area (Å²) in [5, 5.41) is 0. The molecule has 0 saturated carbocycles. The highest BCUT2D eigenvalue weighted by Gasteiger charge is 2.28. The first-order valence-corrected chi connectivity index (χ1v) is 10.00. The van der Waals surface area contributed by atoms with Crippen molar-refractivity contribution >= 4 is 28.9 Å². The maximum atomic E-state index is 12.0. The summed E-state index contributed by atoms with van der Waals surface area (Å²) in [6.07, 6.45) is 4.62. The third-order valence-electron chi connectivity index (χ3n) is 5.48. The number of hydrogen-bond acceptors (Lipinski definition) is 7. The van der Waals surface area contributed by atoms with Gasteiger partial charge in [0.2, 0.25) is 5.91 Å². The van der Waals surface area contributed by atoms with Gasteiger partial charge in [0.1, 0.15) is 12.7 Å². The number of amides is 1. The van der Waals surface area contributed by atoms with E-state index in [1.165, 1.54) is 6.33 Å². The number of fused-ring (bicyclic) bond motifs is 1. The maximum absolute atomic E-state index is 12.0. The van der Waals surface area contributed by atoms with Crippen LogP contribution in [0.2, 0.25) is 0 Å². The molecule has 0 bridgehead atoms. The monoisotopic (exact) mass is 408 g/mol. The lowest BCUT2D eigenvalue weighted by atomic mass is 9.97. The molecule has 0 aliphatic carbocycles. The van der Waals surface area contributed by atoms with E-state index in [0.717, 1.165) is 17.1 Å². The van der Waals surface area contributed by atoms with Crippen molar-refractivity contribution in [1.82, 2.24) is 19.5 Å². The van der Waals surface area contributed by atoms with E-state index in [1.807, 2.05) is 24.5 Å². The fourth-order valence-electron chi connectivity index (χ4n) is 3.84. The molecule has 1 saturated heterocycles. The van der Waals surface area contributed by atoms with Gasteiger partial charge in [-0.2, -0.15) is 0 Å². The lowest BCUT2D eigenvalue weighted by Gasteiger charge is -2.31. The number of imidazole rings is 1. The first-order chi connectivity index (χ1) is 14.5. The number of carbonyl (C=O) groups excluding carboxylic acids is 2. The molecule has 0 unspecified atom stereocenters. The molecule has 4 rings (SSSR count). The third-order valence-corrected chi connectivity index (χ3v) is 5.48. The molecule has 2 aromatic heterocycles. The summed E-state index contributed by atoms with van der Waals surface area (Å²) in [5.41, 5.74) is 8.95. The molecule has 1 aromatic carbocycles. The standard InChI is InChI=1S/C21H24N6O3/c1-3-30-21(29)14-6-8-26(9-7-14)19-17-20(24-11-23-19)27(12-25-17)16-10-15(18(22)28)5-4-13(16)2/h4-5,10-12,14H,3,6-9H2,1-2H3,(H2,22,28). The van der Waals surface area contributed by atoms with Gasteiger partial charge in [-0.25, -0.2) is 15.0 Å². The Morgan fingerprint density at radius 2 is 1.97 bits per heavy atom. The van der Waals surface area contributed by atoms with E-state index in [2.05, 4.69) is 19.9 Å². The van der Waals surface area contributed by atoms with Crippen molar-refractivity contribution in [2.45, 2.75) is 26.7 Å². The lowest BCUT2D eigenvalue weighted by molar-refractivity contribution is -0.148. The quantitative estimate of drug-likeness (QED) is 0.642. The minimum absolute atomic E-state index is 0.0738. The number of nitrogens with two attached hydrogens (primary N) is 1. The van der Waals surface area contributed by atoms with Crippen LogP contribution in [0, 0.1) is 12.8 Å². The number of anilines is 1. The molecule has 9 nitrogen and oxygen atoms in total. The van der Waals surface area contributed by atoms with Crippen LogP contribution in [0.1, 0.15) is 35.7 Å². The van der Waals surface area contributed by atoms with Gasteiger partial charge < -0.3 is 15.4 Å². The molecule has 156 valence electrons. The van der Waals surface area contributed by atoms with Gasteiger partial charge >= 0.3 is 5.97 Å². The minimum Gasteiger partial charge on any atom is -0.466 e. The third kappa shape index (κ3) is 3.58. The molecule has 2 N–H and O–H groups in total. The van der Waals surface area contributed by atoms with Crippen molar-refractivity contribution in [3.8, 4) is 5.69 Å². The van der Waals surface area contributed by atoms with Gasteiger partial charge in [-0.1, -0.05) is 6.07 Å². The molecule has 1 fully saturated rings. The number of carbonyl (C=O) groups is 2. The SMILES string of the molecule is CCOC(=O)C1CCN(c2ncnc3c2ncn3-c2cc(C(N)=O)ccc2C)CC1. The fraction of sp³-hybridized carbons (Fsp3) is 0.381. The molecule has 1 amide bonds. The average Bonchev–Trinajstić information content (AvgIpc) is 3.18. The first-order valence-electron chi connectivity index (χ1n) is 10.00. The number of primary amides is 1. The predicted octanol–water partition coefficient (Wildman–Crippen LogP) is 2.00. The van der Waals surface area contributed by atoms with Crippen LogP contribution in [0.5, 0.6) is 0 Å². The Labute approximate surface area is 173 Å².